The van der Waals surface area contributed by atoms with Gasteiger partial charge in [0, 0.05) is 45.0 Å². The van der Waals surface area contributed by atoms with Gasteiger partial charge in [0.05, 0.1) is 6.54 Å². The molecule has 0 aliphatic heterocycles. The minimum Gasteiger partial charge on any atom is -0.337 e. The number of thioether (sulfide) groups is 1. The molecule has 0 amide bonds. The molecule has 0 saturated heterocycles. The molecule has 2 aromatic heterocycles. The minimum absolute atomic E-state index is 0.132. The van der Waals surface area contributed by atoms with Crippen molar-refractivity contribution in [3.8, 4) is 11.1 Å². The third-order valence-corrected chi connectivity index (χ3v) is 5.46. The summed E-state index contributed by atoms with van der Waals surface area (Å²) in [5.41, 5.74) is 6.41. The Morgan fingerprint density at radius 2 is 1.89 bits per heavy atom. The third-order valence-electron chi connectivity index (χ3n) is 4.74. The van der Waals surface area contributed by atoms with Crippen molar-refractivity contribution in [1.82, 2.24) is 14.9 Å². The number of pyridine rings is 1. The van der Waals surface area contributed by atoms with Crippen LogP contribution in [0.15, 0.2) is 47.1 Å². The van der Waals surface area contributed by atoms with E-state index in [-0.39, 0.29) is 12.4 Å². The quantitative estimate of drug-likeness (QED) is 0.576. The lowest BCUT2D eigenvalue weighted by Gasteiger charge is -2.09. The molecule has 2 heterocycles. The standard InChI is InChI=1S/C22H26FN3S/c1-14-10-17(11-15(2)25-14)22-16(3)26(13-18(23)8-9-24-4)21-7-6-19(27-5)12-20(21)22/h6-8,10-12,24H,9,13H2,1-5H3/b18-8-. The van der Waals surface area contributed by atoms with E-state index in [1.54, 1.807) is 17.8 Å². The molecule has 0 fully saturated rings. The van der Waals surface area contributed by atoms with Crippen LogP contribution in [0.5, 0.6) is 0 Å². The summed E-state index contributed by atoms with van der Waals surface area (Å²) in [7, 11) is 1.82. The summed E-state index contributed by atoms with van der Waals surface area (Å²) in [4.78, 5) is 5.71. The zero-order valence-corrected chi connectivity index (χ0v) is 17.4. The van der Waals surface area contributed by atoms with Crippen LogP contribution in [0.2, 0.25) is 0 Å². The minimum atomic E-state index is -0.132. The second-order valence-electron chi connectivity index (χ2n) is 6.78. The molecule has 0 bridgehead atoms. The molecule has 0 aliphatic rings. The maximum absolute atomic E-state index is 14.5. The number of rotatable bonds is 6. The van der Waals surface area contributed by atoms with Crippen molar-refractivity contribution in [3.05, 3.63) is 59.3 Å². The molecule has 0 spiro atoms. The molecule has 3 rings (SSSR count). The van der Waals surface area contributed by atoms with Crippen molar-refractivity contribution in [2.45, 2.75) is 32.2 Å². The van der Waals surface area contributed by atoms with Crippen molar-refractivity contribution in [2.24, 2.45) is 0 Å². The topological polar surface area (TPSA) is 29.9 Å². The number of halogens is 1. The van der Waals surface area contributed by atoms with Gasteiger partial charge in [-0.3, -0.25) is 4.98 Å². The first-order chi connectivity index (χ1) is 12.9. The monoisotopic (exact) mass is 383 g/mol. The number of aryl methyl sites for hydroxylation is 2. The van der Waals surface area contributed by atoms with Crippen LogP contribution in [0.3, 0.4) is 0 Å². The van der Waals surface area contributed by atoms with E-state index in [0.29, 0.717) is 6.54 Å². The average Bonchev–Trinajstić information content (AvgIpc) is 2.90. The van der Waals surface area contributed by atoms with E-state index in [9.17, 15) is 4.39 Å². The Morgan fingerprint density at radius 3 is 2.52 bits per heavy atom. The van der Waals surface area contributed by atoms with E-state index >= 15 is 0 Å². The molecular formula is C22H26FN3S. The molecule has 0 unspecified atom stereocenters. The Hall–Kier alpha value is -2.11. The van der Waals surface area contributed by atoms with Gasteiger partial charge in [-0.1, -0.05) is 0 Å². The second-order valence-corrected chi connectivity index (χ2v) is 7.66. The molecule has 3 aromatic rings. The number of fused-ring (bicyclic) bond motifs is 1. The van der Waals surface area contributed by atoms with Gasteiger partial charge in [0.15, 0.2) is 0 Å². The third kappa shape index (κ3) is 4.09. The molecular weight excluding hydrogens is 357 g/mol. The number of allylic oxidation sites excluding steroid dienone is 1. The number of benzene rings is 1. The van der Waals surface area contributed by atoms with Crippen molar-refractivity contribution in [2.75, 3.05) is 19.8 Å². The highest BCUT2D eigenvalue weighted by atomic mass is 32.2. The predicted molar refractivity (Wildman–Crippen MR) is 114 cm³/mol. The average molecular weight is 384 g/mol. The Labute approximate surface area is 164 Å². The van der Waals surface area contributed by atoms with Crippen molar-refractivity contribution in [1.29, 1.82) is 0 Å². The Balaban J connectivity index is 2.24. The molecule has 0 saturated carbocycles. The van der Waals surface area contributed by atoms with Crippen LogP contribution in [0.1, 0.15) is 17.1 Å². The van der Waals surface area contributed by atoms with Crippen LogP contribution in [-0.2, 0) is 6.54 Å². The smallest absolute Gasteiger partial charge is 0.117 e. The summed E-state index contributed by atoms with van der Waals surface area (Å²) >= 11 is 1.72. The van der Waals surface area contributed by atoms with Crippen molar-refractivity contribution < 1.29 is 4.39 Å². The fourth-order valence-corrected chi connectivity index (χ4v) is 4.00. The lowest BCUT2D eigenvalue weighted by atomic mass is 10.0. The predicted octanol–water partition coefficient (Wildman–Crippen LogP) is 5.42. The van der Waals surface area contributed by atoms with Crippen LogP contribution in [-0.4, -0.2) is 29.4 Å². The molecule has 3 nitrogen and oxygen atoms in total. The first-order valence-electron chi connectivity index (χ1n) is 9.06. The summed E-state index contributed by atoms with van der Waals surface area (Å²) in [5.74, 6) is -0.132. The van der Waals surface area contributed by atoms with Crippen LogP contribution in [0.4, 0.5) is 4.39 Å². The summed E-state index contributed by atoms with van der Waals surface area (Å²) in [6, 6.07) is 10.6. The van der Waals surface area contributed by atoms with Crippen molar-refractivity contribution in [3.63, 3.8) is 0 Å². The second kappa shape index (κ2) is 8.28. The fourth-order valence-electron chi connectivity index (χ4n) is 3.56. The molecule has 1 N–H and O–H groups in total. The van der Waals surface area contributed by atoms with Gasteiger partial charge in [-0.2, -0.15) is 0 Å². The SMILES string of the molecule is CNC/C=C(\F)Cn1c(C)c(-c2cc(C)nc(C)c2)c2cc(SC)ccc21. The number of nitrogens with zero attached hydrogens (tertiary/aromatic N) is 2. The van der Waals surface area contributed by atoms with Crippen LogP contribution >= 0.6 is 11.8 Å². The Morgan fingerprint density at radius 1 is 1.19 bits per heavy atom. The summed E-state index contributed by atoms with van der Waals surface area (Å²) < 4.78 is 16.5. The number of hydrogen-bond acceptors (Lipinski definition) is 3. The summed E-state index contributed by atoms with van der Waals surface area (Å²) in [6.45, 7) is 6.86. The van der Waals surface area contributed by atoms with Gasteiger partial charge in [0.25, 0.3) is 0 Å². The fraction of sp³-hybridized carbons (Fsp3) is 0.318. The van der Waals surface area contributed by atoms with Gasteiger partial charge in [-0.15, -0.1) is 11.8 Å². The van der Waals surface area contributed by atoms with Gasteiger partial charge in [-0.05, 0) is 76.0 Å². The largest absolute Gasteiger partial charge is 0.337 e. The maximum Gasteiger partial charge on any atom is 0.117 e. The molecule has 0 atom stereocenters. The highest BCUT2D eigenvalue weighted by Crippen LogP contribution is 2.37. The highest BCUT2D eigenvalue weighted by molar-refractivity contribution is 7.98. The van der Waals surface area contributed by atoms with Crippen LogP contribution in [0, 0.1) is 20.8 Å². The molecule has 0 radical (unpaired) electrons. The first-order valence-corrected chi connectivity index (χ1v) is 10.3. The van der Waals surface area contributed by atoms with Gasteiger partial charge < -0.3 is 9.88 Å². The Bertz CT molecular complexity index is 984. The van der Waals surface area contributed by atoms with E-state index in [1.165, 1.54) is 4.90 Å². The van der Waals surface area contributed by atoms with Crippen LogP contribution < -0.4 is 5.32 Å². The number of nitrogens with one attached hydrogen (secondary N) is 1. The maximum atomic E-state index is 14.5. The van der Waals surface area contributed by atoms with E-state index in [2.05, 4.69) is 58.4 Å². The normalized spacial score (nSPS) is 12.1. The lowest BCUT2D eigenvalue weighted by Crippen LogP contribution is -2.07. The van der Waals surface area contributed by atoms with E-state index in [0.717, 1.165) is 39.1 Å². The van der Waals surface area contributed by atoms with Gasteiger partial charge in [-0.25, -0.2) is 4.39 Å². The molecule has 0 aliphatic carbocycles. The highest BCUT2D eigenvalue weighted by Gasteiger charge is 2.17. The number of aromatic nitrogens is 2. The van der Waals surface area contributed by atoms with Gasteiger partial charge in [0.1, 0.15) is 5.83 Å². The lowest BCUT2D eigenvalue weighted by molar-refractivity contribution is 0.553. The van der Waals surface area contributed by atoms with Gasteiger partial charge in [0.2, 0.25) is 0 Å². The number of likely N-dealkylation sites (N-methyl/N-ethyl adjacent to an activating group) is 1. The molecule has 1 aromatic carbocycles. The molecule has 5 heteroatoms. The van der Waals surface area contributed by atoms with E-state index < -0.39 is 0 Å². The van der Waals surface area contributed by atoms with Gasteiger partial charge >= 0.3 is 0 Å². The first kappa shape index (κ1) is 19.6. The molecule has 142 valence electrons. The summed E-state index contributed by atoms with van der Waals surface area (Å²) in [6.07, 6.45) is 3.67. The van der Waals surface area contributed by atoms with E-state index in [1.807, 2.05) is 20.9 Å². The number of hydrogen-bond donors (Lipinski definition) is 1. The van der Waals surface area contributed by atoms with Crippen molar-refractivity contribution >= 4 is 22.7 Å². The Kier molecular flexibility index (Phi) is 6.02. The summed E-state index contributed by atoms with van der Waals surface area (Å²) in [5, 5.41) is 4.12. The van der Waals surface area contributed by atoms with Crippen LogP contribution in [0.25, 0.3) is 22.0 Å². The van der Waals surface area contributed by atoms with E-state index in [4.69, 9.17) is 0 Å². The zero-order chi connectivity index (χ0) is 19.6. The zero-order valence-electron chi connectivity index (χ0n) is 16.6. The molecule has 27 heavy (non-hydrogen) atoms.